The lowest BCUT2D eigenvalue weighted by Gasteiger charge is -2.06. The molecule has 0 amide bonds. The number of aromatic nitrogens is 4. The SMILES string of the molecule is Cn1cc(-c2ccc3c(C4CCNC4)cnn3c2)cn1. The first-order chi connectivity index (χ1) is 9.81. The Kier molecular flexibility index (Phi) is 2.60. The van der Waals surface area contributed by atoms with Crippen molar-refractivity contribution in [1.29, 1.82) is 0 Å². The lowest BCUT2D eigenvalue weighted by Crippen LogP contribution is -2.07. The average molecular weight is 267 g/mol. The summed E-state index contributed by atoms with van der Waals surface area (Å²) in [7, 11) is 1.93. The van der Waals surface area contributed by atoms with Crippen molar-refractivity contribution in [3.8, 4) is 11.1 Å². The predicted octanol–water partition coefficient (Wildman–Crippen LogP) is 1.81. The Labute approximate surface area is 117 Å². The molecule has 0 spiro atoms. The molecule has 0 aliphatic carbocycles. The van der Waals surface area contributed by atoms with Gasteiger partial charge in [-0.2, -0.15) is 10.2 Å². The van der Waals surface area contributed by atoms with Crippen LogP contribution in [0.5, 0.6) is 0 Å². The highest BCUT2D eigenvalue weighted by molar-refractivity contribution is 5.66. The predicted molar refractivity (Wildman–Crippen MR) is 77.6 cm³/mol. The van der Waals surface area contributed by atoms with E-state index < -0.39 is 0 Å². The number of pyridine rings is 1. The largest absolute Gasteiger partial charge is 0.316 e. The molecule has 102 valence electrons. The Balaban J connectivity index is 1.77. The van der Waals surface area contributed by atoms with E-state index in [2.05, 4.69) is 33.8 Å². The maximum atomic E-state index is 4.52. The van der Waals surface area contributed by atoms with Crippen LogP contribution in [0.25, 0.3) is 16.6 Å². The van der Waals surface area contributed by atoms with Gasteiger partial charge in [0.2, 0.25) is 0 Å². The zero-order valence-electron chi connectivity index (χ0n) is 11.5. The Bertz CT molecular complexity index is 749. The molecule has 4 rings (SSSR count). The number of rotatable bonds is 2. The first-order valence-electron chi connectivity index (χ1n) is 6.98. The zero-order chi connectivity index (χ0) is 13.5. The van der Waals surface area contributed by atoms with Crippen molar-refractivity contribution in [3.05, 3.63) is 42.5 Å². The smallest absolute Gasteiger partial charge is 0.0697 e. The molecule has 1 atom stereocenters. The Hall–Kier alpha value is -2.14. The molecule has 4 heterocycles. The summed E-state index contributed by atoms with van der Waals surface area (Å²) in [5.74, 6) is 0.594. The molecule has 0 bridgehead atoms. The highest BCUT2D eigenvalue weighted by atomic mass is 15.2. The van der Waals surface area contributed by atoms with Crippen molar-refractivity contribution in [2.75, 3.05) is 13.1 Å². The second-order valence-corrected chi connectivity index (χ2v) is 5.44. The summed E-state index contributed by atoms with van der Waals surface area (Å²) in [6.45, 7) is 2.17. The van der Waals surface area contributed by atoms with E-state index in [1.165, 1.54) is 17.5 Å². The quantitative estimate of drug-likeness (QED) is 0.770. The van der Waals surface area contributed by atoms with E-state index in [0.29, 0.717) is 5.92 Å². The van der Waals surface area contributed by atoms with Gasteiger partial charge in [0.05, 0.1) is 17.9 Å². The number of fused-ring (bicyclic) bond motifs is 1. The third-order valence-corrected chi connectivity index (χ3v) is 4.08. The minimum Gasteiger partial charge on any atom is -0.316 e. The molecular weight excluding hydrogens is 250 g/mol. The fourth-order valence-corrected chi connectivity index (χ4v) is 2.98. The van der Waals surface area contributed by atoms with Crippen LogP contribution in [0.2, 0.25) is 0 Å². The van der Waals surface area contributed by atoms with Crippen LogP contribution in [0.4, 0.5) is 0 Å². The fourth-order valence-electron chi connectivity index (χ4n) is 2.98. The third-order valence-electron chi connectivity index (χ3n) is 4.08. The van der Waals surface area contributed by atoms with Crippen LogP contribution < -0.4 is 5.32 Å². The molecule has 1 saturated heterocycles. The van der Waals surface area contributed by atoms with Gasteiger partial charge in [-0.3, -0.25) is 4.68 Å². The van der Waals surface area contributed by atoms with Crippen molar-refractivity contribution >= 4 is 5.52 Å². The van der Waals surface area contributed by atoms with Gasteiger partial charge in [-0.05, 0) is 19.0 Å². The summed E-state index contributed by atoms with van der Waals surface area (Å²) in [6, 6.07) is 4.32. The van der Waals surface area contributed by atoms with Crippen LogP contribution in [-0.4, -0.2) is 32.5 Å². The molecule has 1 aliphatic heterocycles. The van der Waals surface area contributed by atoms with E-state index in [1.807, 2.05) is 34.8 Å². The zero-order valence-corrected chi connectivity index (χ0v) is 11.5. The number of hydrogen-bond donors (Lipinski definition) is 1. The van der Waals surface area contributed by atoms with Gasteiger partial charge in [-0.15, -0.1) is 0 Å². The maximum Gasteiger partial charge on any atom is 0.0697 e. The lowest BCUT2D eigenvalue weighted by atomic mass is 10.00. The first kappa shape index (κ1) is 11.7. The summed E-state index contributed by atoms with van der Waals surface area (Å²) in [4.78, 5) is 0. The molecule has 3 aromatic heterocycles. The maximum absolute atomic E-state index is 4.52. The van der Waals surface area contributed by atoms with Gasteiger partial charge in [-0.1, -0.05) is 6.07 Å². The summed E-state index contributed by atoms with van der Waals surface area (Å²) >= 11 is 0. The van der Waals surface area contributed by atoms with Gasteiger partial charge >= 0.3 is 0 Å². The second-order valence-electron chi connectivity index (χ2n) is 5.44. The summed E-state index contributed by atoms with van der Waals surface area (Å²) < 4.78 is 3.80. The number of nitrogens with one attached hydrogen (secondary N) is 1. The van der Waals surface area contributed by atoms with Crippen LogP contribution in [0, 0.1) is 0 Å². The van der Waals surface area contributed by atoms with Crippen molar-refractivity contribution < 1.29 is 0 Å². The molecule has 1 N–H and O–H groups in total. The molecule has 0 saturated carbocycles. The van der Waals surface area contributed by atoms with E-state index in [0.717, 1.165) is 24.2 Å². The molecule has 5 nitrogen and oxygen atoms in total. The van der Waals surface area contributed by atoms with Gasteiger partial charge < -0.3 is 5.32 Å². The highest BCUT2D eigenvalue weighted by Gasteiger charge is 2.20. The standard InChI is InChI=1S/C15H17N5/c1-19-9-13(7-17-19)12-2-3-15-14(8-18-20(15)10-12)11-4-5-16-6-11/h2-3,7-11,16H,4-6H2,1H3. The monoisotopic (exact) mass is 267 g/mol. The van der Waals surface area contributed by atoms with Crippen LogP contribution in [0.3, 0.4) is 0 Å². The molecule has 0 aromatic carbocycles. The molecular formula is C15H17N5. The molecule has 1 fully saturated rings. The Morgan fingerprint density at radius 2 is 2.10 bits per heavy atom. The van der Waals surface area contributed by atoms with Gasteiger partial charge in [-0.25, -0.2) is 4.52 Å². The third kappa shape index (κ3) is 1.82. The molecule has 3 aromatic rings. The number of hydrogen-bond acceptors (Lipinski definition) is 3. The summed E-state index contributed by atoms with van der Waals surface area (Å²) in [5, 5.41) is 12.2. The van der Waals surface area contributed by atoms with Crippen LogP contribution >= 0.6 is 0 Å². The van der Waals surface area contributed by atoms with Crippen molar-refractivity contribution in [2.45, 2.75) is 12.3 Å². The topological polar surface area (TPSA) is 47.2 Å². The van der Waals surface area contributed by atoms with Crippen molar-refractivity contribution in [3.63, 3.8) is 0 Å². The highest BCUT2D eigenvalue weighted by Crippen LogP contribution is 2.28. The van der Waals surface area contributed by atoms with E-state index in [4.69, 9.17) is 0 Å². The molecule has 1 unspecified atom stereocenters. The average Bonchev–Trinajstić information content (AvgIpc) is 3.17. The Morgan fingerprint density at radius 1 is 1.15 bits per heavy atom. The van der Waals surface area contributed by atoms with Gasteiger partial charge in [0.1, 0.15) is 0 Å². The van der Waals surface area contributed by atoms with Gasteiger partial charge in [0, 0.05) is 48.6 Å². The van der Waals surface area contributed by atoms with Gasteiger partial charge in [0.25, 0.3) is 0 Å². The van der Waals surface area contributed by atoms with E-state index >= 15 is 0 Å². The normalized spacial score (nSPS) is 18.9. The number of aryl methyl sites for hydroxylation is 1. The molecule has 1 aliphatic rings. The minimum absolute atomic E-state index is 0.594. The molecule has 0 radical (unpaired) electrons. The lowest BCUT2D eigenvalue weighted by molar-refractivity contribution is 0.768. The van der Waals surface area contributed by atoms with Gasteiger partial charge in [0.15, 0.2) is 0 Å². The van der Waals surface area contributed by atoms with Crippen LogP contribution in [0.15, 0.2) is 36.9 Å². The van der Waals surface area contributed by atoms with Crippen LogP contribution in [-0.2, 0) is 7.05 Å². The Morgan fingerprint density at radius 3 is 2.85 bits per heavy atom. The van der Waals surface area contributed by atoms with Crippen LogP contribution in [0.1, 0.15) is 17.9 Å². The minimum atomic E-state index is 0.594. The molecule has 5 heteroatoms. The summed E-state index contributed by atoms with van der Waals surface area (Å²) in [5.41, 5.74) is 4.83. The fraction of sp³-hybridized carbons (Fsp3) is 0.333. The van der Waals surface area contributed by atoms with E-state index in [-0.39, 0.29) is 0 Å². The molecule has 20 heavy (non-hydrogen) atoms. The van der Waals surface area contributed by atoms with E-state index in [9.17, 15) is 0 Å². The van der Waals surface area contributed by atoms with E-state index in [1.54, 1.807) is 0 Å². The number of nitrogens with zero attached hydrogens (tertiary/aromatic N) is 4. The first-order valence-corrected chi connectivity index (χ1v) is 6.98. The summed E-state index contributed by atoms with van der Waals surface area (Å²) in [6.07, 6.45) is 9.20. The van der Waals surface area contributed by atoms with Crippen molar-refractivity contribution in [1.82, 2.24) is 24.7 Å². The second kappa shape index (κ2) is 4.45. The van der Waals surface area contributed by atoms with Crippen molar-refractivity contribution in [2.24, 2.45) is 7.05 Å².